The van der Waals surface area contributed by atoms with Gasteiger partial charge in [0, 0.05) is 18.3 Å². The number of nitrogens with two attached hydrogens (primary N) is 1. The molecule has 0 unspecified atom stereocenters. The Kier molecular flexibility index (Phi) is 4.70. The highest BCUT2D eigenvalue weighted by Gasteiger charge is 2.19. The van der Waals surface area contributed by atoms with Gasteiger partial charge in [-0.1, -0.05) is 0 Å². The Balaban J connectivity index is 3.26. The molecule has 0 aromatic heterocycles. The fourth-order valence-corrected chi connectivity index (χ4v) is 1.81. The molecule has 0 saturated carbocycles. The lowest BCUT2D eigenvalue weighted by Crippen LogP contribution is -2.32. The Morgan fingerprint density at radius 2 is 2.21 bits per heavy atom. The highest BCUT2D eigenvalue weighted by atomic mass is 19.1. The van der Waals surface area contributed by atoms with Crippen molar-refractivity contribution in [2.45, 2.75) is 26.3 Å². The van der Waals surface area contributed by atoms with Crippen LogP contribution in [0.2, 0.25) is 0 Å². The van der Waals surface area contributed by atoms with Crippen molar-refractivity contribution in [3.8, 4) is 6.07 Å². The van der Waals surface area contributed by atoms with Crippen LogP contribution in [0.4, 0.5) is 15.8 Å². The van der Waals surface area contributed by atoms with Crippen molar-refractivity contribution >= 4 is 17.3 Å². The molecule has 0 fully saturated rings. The predicted molar refractivity (Wildman–Crippen MR) is 70.5 cm³/mol. The van der Waals surface area contributed by atoms with Crippen LogP contribution in [-0.4, -0.2) is 23.7 Å². The summed E-state index contributed by atoms with van der Waals surface area (Å²) in [6, 6.07) is 4.14. The molecule has 0 aliphatic carbocycles. The molecule has 19 heavy (non-hydrogen) atoms. The molecule has 102 valence electrons. The number of benzene rings is 1. The van der Waals surface area contributed by atoms with Gasteiger partial charge in [0.2, 0.25) is 0 Å². The molecule has 0 saturated heterocycles. The third-order valence-corrected chi connectivity index (χ3v) is 2.75. The number of carboxylic acid groups (broad SMARTS) is 1. The number of rotatable bonds is 5. The average Bonchev–Trinajstić information content (AvgIpc) is 2.30. The molecule has 1 aromatic rings. The molecule has 0 atom stereocenters. The zero-order chi connectivity index (χ0) is 14.6. The molecular formula is C13H16FN3O2. The number of hydrogen-bond donors (Lipinski definition) is 2. The van der Waals surface area contributed by atoms with Crippen LogP contribution in [0.25, 0.3) is 0 Å². The highest BCUT2D eigenvalue weighted by Crippen LogP contribution is 2.27. The second-order valence-electron chi connectivity index (χ2n) is 4.39. The number of aromatic carboxylic acids is 1. The smallest absolute Gasteiger partial charge is 0.337 e. The molecule has 1 aromatic carbocycles. The zero-order valence-electron chi connectivity index (χ0n) is 10.9. The minimum atomic E-state index is -1.21. The van der Waals surface area contributed by atoms with Gasteiger partial charge < -0.3 is 15.7 Å². The summed E-state index contributed by atoms with van der Waals surface area (Å²) in [7, 11) is 0. The van der Waals surface area contributed by atoms with E-state index in [9.17, 15) is 9.18 Å². The quantitative estimate of drug-likeness (QED) is 0.797. The average molecular weight is 265 g/mol. The molecule has 0 aliphatic rings. The van der Waals surface area contributed by atoms with E-state index >= 15 is 0 Å². The summed E-state index contributed by atoms with van der Waals surface area (Å²) in [5.41, 5.74) is 5.37. The number of carboxylic acids is 1. The van der Waals surface area contributed by atoms with Crippen LogP contribution in [0.15, 0.2) is 12.1 Å². The number of hydrogen-bond acceptors (Lipinski definition) is 4. The van der Waals surface area contributed by atoms with Crippen molar-refractivity contribution in [1.29, 1.82) is 5.26 Å². The van der Waals surface area contributed by atoms with Crippen molar-refractivity contribution in [1.82, 2.24) is 0 Å². The molecule has 0 radical (unpaired) electrons. The first-order valence-electron chi connectivity index (χ1n) is 5.84. The van der Waals surface area contributed by atoms with Gasteiger partial charge in [0.25, 0.3) is 0 Å². The van der Waals surface area contributed by atoms with Crippen molar-refractivity contribution in [2.24, 2.45) is 0 Å². The molecule has 0 heterocycles. The molecular weight excluding hydrogens is 249 g/mol. The standard InChI is InChI=1S/C13H16FN3O2/c1-8(2)17(5-3-4-15)12-6-9(13(18)19)11(16)7-10(12)14/h6-8H,3,5,16H2,1-2H3,(H,18,19). The van der Waals surface area contributed by atoms with Crippen molar-refractivity contribution in [3.63, 3.8) is 0 Å². The van der Waals surface area contributed by atoms with E-state index in [1.165, 1.54) is 6.07 Å². The monoisotopic (exact) mass is 265 g/mol. The molecule has 5 nitrogen and oxygen atoms in total. The van der Waals surface area contributed by atoms with Gasteiger partial charge in [-0.2, -0.15) is 5.26 Å². The topological polar surface area (TPSA) is 90.3 Å². The lowest BCUT2D eigenvalue weighted by molar-refractivity contribution is 0.0698. The molecule has 3 N–H and O–H groups in total. The first kappa shape index (κ1) is 14.8. The first-order chi connectivity index (χ1) is 8.88. The third-order valence-electron chi connectivity index (χ3n) is 2.75. The molecule has 1 rings (SSSR count). The Morgan fingerprint density at radius 3 is 2.68 bits per heavy atom. The van der Waals surface area contributed by atoms with Crippen LogP contribution in [-0.2, 0) is 0 Å². The van der Waals surface area contributed by atoms with Crippen LogP contribution < -0.4 is 10.6 Å². The van der Waals surface area contributed by atoms with E-state index in [2.05, 4.69) is 0 Å². The van der Waals surface area contributed by atoms with Gasteiger partial charge in [0.1, 0.15) is 5.82 Å². The maximum absolute atomic E-state index is 13.9. The number of nitriles is 1. The second-order valence-corrected chi connectivity index (χ2v) is 4.39. The van der Waals surface area contributed by atoms with Crippen molar-refractivity contribution < 1.29 is 14.3 Å². The molecule has 0 spiro atoms. The van der Waals surface area contributed by atoms with E-state index in [0.717, 1.165) is 6.07 Å². The summed E-state index contributed by atoms with van der Waals surface area (Å²) in [5, 5.41) is 17.6. The fraction of sp³-hybridized carbons (Fsp3) is 0.385. The van der Waals surface area contributed by atoms with E-state index in [4.69, 9.17) is 16.1 Å². The second kappa shape index (κ2) is 6.05. The SMILES string of the molecule is CC(C)N(CCC#N)c1cc(C(=O)O)c(N)cc1F. The van der Waals surface area contributed by atoms with Gasteiger partial charge in [0.15, 0.2) is 0 Å². The van der Waals surface area contributed by atoms with Crippen LogP contribution >= 0.6 is 0 Å². The van der Waals surface area contributed by atoms with Gasteiger partial charge >= 0.3 is 5.97 Å². The van der Waals surface area contributed by atoms with Crippen molar-refractivity contribution in [3.05, 3.63) is 23.5 Å². The minimum absolute atomic E-state index is 0.0619. The van der Waals surface area contributed by atoms with Crippen LogP contribution in [0, 0.1) is 17.1 Å². The minimum Gasteiger partial charge on any atom is -0.478 e. The summed E-state index contributed by atoms with van der Waals surface area (Å²) >= 11 is 0. The lowest BCUT2D eigenvalue weighted by atomic mass is 10.1. The van der Waals surface area contributed by atoms with Gasteiger partial charge in [-0.05, 0) is 26.0 Å². The van der Waals surface area contributed by atoms with Gasteiger partial charge in [-0.15, -0.1) is 0 Å². The number of anilines is 2. The number of nitrogen functional groups attached to an aromatic ring is 1. The molecule has 0 bridgehead atoms. The van der Waals surface area contributed by atoms with Crippen LogP contribution in [0.5, 0.6) is 0 Å². The van der Waals surface area contributed by atoms with Crippen molar-refractivity contribution in [2.75, 3.05) is 17.2 Å². The first-order valence-corrected chi connectivity index (χ1v) is 5.84. The summed E-state index contributed by atoms with van der Waals surface area (Å²) in [4.78, 5) is 12.7. The summed E-state index contributed by atoms with van der Waals surface area (Å²) in [6.07, 6.45) is 0.227. The Hall–Kier alpha value is -2.29. The van der Waals surface area contributed by atoms with E-state index in [1.54, 1.807) is 4.90 Å². The summed E-state index contributed by atoms with van der Waals surface area (Å²) < 4.78 is 13.9. The predicted octanol–water partition coefficient (Wildman–Crippen LogP) is 2.23. The van der Waals surface area contributed by atoms with Gasteiger partial charge in [-0.3, -0.25) is 0 Å². The maximum atomic E-state index is 13.9. The zero-order valence-corrected chi connectivity index (χ0v) is 10.9. The van der Waals surface area contributed by atoms with E-state index in [-0.39, 0.29) is 29.4 Å². The van der Waals surface area contributed by atoms with E-state index < -0.39 is 11.8 Å². The van der Waals surface area contributed by atoms with E-state index in [0.29, 0.717) is 6.54 Å². The highest BCUT2D eigenvalue weighted by molar-refractivity contribution is 5.95. The normalized spacial score (nSPS) is 10.3. The molecule has 0 aliphatic heterocycles. The van der Waals surface area contributed by atoms with Gasteiger partial charge in [0.05, 0.1) is 23.7 Å². The lowest BCUT2D eigenvalue weighted by Gasteiger charge is -2.29. The summed E-state index contributed by atoms with van der Waals surface area (Å²) in [5.74, 6) is -1.79. The van der Waals surface area contributed by atoms with Crippen LogP contribution in [0.1, 0.15) is 30.6 Å². The summed E-state index contributed by atoms with van der Waals surface area (Å²) in [6.45, 7) is 4.01. The molecule has 6 heteroatoms. The fourth-order valence-electron chi connectivity index (χ4n) is 1.81. The Bertz CT molecular complexity index is 523. The number of carbonyl (C=O) groups is 1. The Labute approximate surface area is 111 Å². The van der Waals surface area contributed by atoms with Gasteiger partial charge in [-0.25, -0.2) is 9.18 Å². The Morgan fingerprint density at radius 1 is 1.58 bits per heavy atom. The number of nitrogens with zero attached hydrogens (tertiary/aromatic N) is 2. The van der Waals surface area contributed by atoms with E-state index in [1.807, 2.05) is 19.9 Å². The maximum Gasteiger partial charge on any atom is 0.337 e. The molecule has 0 amide bonds. The number of halogens is 1. The third kappa shape index (κ3) is 3.35. The largest absolute Gasteiger partial charge is 0.478 e. The van der Waals surface area contributed by atoms with Crippen LogP contribution in [0.3, 0.4) is 0 Å².